The summed E-state index contributed by atoms with van der Waals surface area (Å²) in [5, 5.41) is 11.8. The van der Waals surface area contributed by atoms with Crippen LogP contribution >= 0.6 is 34.7 Å². The molecule has 1 aromatic carbocycles. The van der Waals surface area contributed by atoms with E-state index >= 15 is 0 Å². The molecular weight excluding hydrogens is 390 g/mol. The van der Waals surface area contributed by atoms with Crippen molar-refractivity contribution in [2.75, 3.05) is 0 Å². The molecule has 0 saturated carbocycles. The van der Waals surface area contributed by atoms with Gasteiger partial charge in [-0.15, -0.1) is 21.5 Å². The topological polar surface area (TPSA) is 65.1 Å². The van der Waals surface area contributed by atoms with Gasteiger partial charge in [-0.1, -0.05) is 35.5 Å². The van der Waals surface area contributed by atoms with E-state index in [0.717, 1.165) is 22.1 Å². The maximum Gasteiger partial charge on any atom is 0.258 e. The third-order valence-corrected chi connectivity index (χ3v) is 6.25. The Kier molecular flexibility index (Phi) is 4.56. The molecule has 0 aliphatic carbocycles. The highest BCUT2D eigenvalue weighted by Crippen LogP contribution is 2.29. The van der Waals surface area contributed by atoms with Crippen LogP contribution in [0.1, 0.15) is 11.4 Å². The number of rotatable bonds is 4. The summed E-state index contributed by atoms with van der Waals surface area (Å²) in [4.78, 5) is 17.5. The van der Waals surface area contributed by atoms with E-state index in [1.165, 1.54) is 23.1 Å². The Balaban J connectivity index is 1.60. The van der Waals surface area contributed by atoms with Crippen molar-refractivity contribution in [1.82, 2.24) is 24.1 Å². The molecule has 0 atom stereocenters. The van der Waals surface area contributed by atoms with Crippen LogP contribution in [0.4, 0.5) is 0 Å². The molecule has 3 heterocycles. The van der Waals surface area contributed by atoms with Gasteiger partial charge >= 0.3 is 0 Å². The van der Waals surface area contributed by atoms with Gasteiger partial charge in [0, 0.05) is 35.5 Å². The molecule has 4 rings (SSSR count). The summed E-state index contributed by atoms with van der Waals surface area (Å²) in [6.07, 6.45) is 0. The van der Waals surface area contributed by atoms with E-state index in [1.807, 2.05) is 48.2 Å². The number of hydrogen-bond donors (Lipinski definition) is 0. The van der Waals surface area contributed by atoms with Crippen molar-refractivity contribution in [3.05, 3.63) is 62.5 Å². The molecule has 6 nitrogen and oxygen atoms in total. The lowest BCUT2D eigenvalue weighted by molar-refractivity contribution is 0.793. The van der Waals surface area contributed by atoms with Gasteiger partial charge in [0.15, 0.2) is 15.9 Å². The highest BCUT2D eigenvalue weighted by molar-refractivity contribution is 7.98. The number of aryl methyl sites for hydroxylation is 1. The van der Waals surface area contributed by atoms with Crippen LogP contribution in [0, 0.1) is 6.92 Å². The standard InChI is InChI=1S/C17H14ClN5OS2/c1-10-8-25-16-19-11(7-14(24)23(10)16)9-26-17-21-20-15(22(17)2)12-5-3-4-6-13(12)18/h3-8H,9H2,1-2H3. The summed E-state index contributed by atoms with van der Waals surface area (Å²) in [6, 6.07) is 9.11. The van der Waals surface area contributed by atoms with E-state index in [1.54, 1.807) is 10.5 Å². The van der Waals surface area contributed by atoms with Crippen LogP contribution in [0.25, 0.3) is 16.3 Å². The second-order valence-electron chi connectivity index (χ2n) is 5.71. The molecule has 9 heteroatoms. The van der Waals surface area contributed by atoms with Gasteiger partial charge in [-0.2, -0.15) is 0 Å². The molecule has 0 N–H and O–H groups in total. The zero-order valence-electron chi connectivity index (χ0n) is 14.0. The van der Waals surface area contributed by atoms with Crippen LogP contribution < -0.4 is 5.56 Å². The first kappa shape index (κ1) is 17.3. The molecule has 4 aromatic rings. The third-order valence-electron chi connectivity index (χ3n) is 3.93. The number of fused-ring (bicyclic) bond motifs is 1. The Morgan fingerprint density at radius 2 is 2.08 bits per heavy atom. The van der Waals surface area contributed by atoms with E-state index in [9.17, 15) is 4.79 Å². The van der Waals surface area contributed by atoms with Gasteiger partial charge in [0.05, 0.1) is 10.7 Å². The predicted octanol–water partition coefficient (Wildman–Crippen LogP) is 3.81. The van der Waals surface area contributed by atoms with Crippen molar-refractivity contribution in [3.8, 4) is 11.4 Å². The fraction of sp³-hybridized carbons (Fsp3) is 0.176. The van der Waals surface area contributed by atoms with E-state index in [0.29, 0.717) is 21.6 Å². The smallest absolute Gasteiger partial charge is 0.258 e. The van der Waals surface area contributed by atoms with Crippen molar-refractivity contribution in [3.63, 3.8) is 0 Å². The summed E-state index contributed by atoms with van der Waals surface area (Å²) in [5.41, 5.74) is 2.41. The summed E-state index contributed by atoms with van der Waals surface area (Å²) >= 11 is 9.20. The lowest BCUT2D eigenvalue weighted by atomic mass is 10.2. The lowest BCUT2D eigenvalue weighted by Gasteiger charge is -2.05. The number of nitrogens with zero attached hydrogens (tertiary/aromatic N) is 5. The third kappa shape index (κ3) is 3.04. The van der Waals surface area contributed by atoms with Gasteiger partial charge in [0.1, 0.15) is 0 Å². The maximum atomic E-state index is 12.3. The first-order valence-electron chi connectivity index (χ1n) is 7.78. The Labute approximate surface area is 162 Å². The highest BCUT2D eigenvalue weighted by atomic mass is 35.5. The number of halogens is 1. The molecule has 0 unspecified atom stereocenters. The molecular formula is C17H14ClN5OS2. The van der Waals surface area contributed by atoms with Crippen molar-refractivity contribution in [1.29, 1.82) is 0 Å². The van der Waals surface area contributed by atoms with Gasteiger partial charge in [-0.05, 0) is 19.1 Å². The van der Waals surface area contributed by atoms with E-state index in [4.69, 9.17) is 11.6 Å². The van der Waals surface area contributed by atoms with Gasteiger partial charge in [-0.25, -0.2) is 4.98 Å². The van der Waals surface area contributed by atoms with E-state index in [2.05, 4.69) is 15.2 Å². The number of thiazole rings is 1. The molecule has 3 aromatic heterocycles. The van der Waals surface area contributed by atoms with Gasteiger partial charge in [-0.3, -0.25) is 9.20 Å². The fourth-order valence-corrected chi connectivity index (χ4v) is 4.55. The van der Waals surface area contributed by atoms with E-state index in [-0.39, 0.29) is 5.56 Å². The summed E-state index contributed by atoms with van der Waals surface area (Å²) < 4.78 is 3.52. The zero-order valence-corrected chi connectivity index (χ0v) is 16.4. The van der Waals surface area contributed by atoms with Gasteiger partial charge in [0.2, 0.25) is 0 Å². The van der Waals surface area contributed by atoms with Gasteiger partial charge < -0.3 is 4.57 Å². The minimum absolute atomic E-state index is 0.0564. The van der Waals surface area contributed by atoms with Crippen LogP contribution in [0.15, 0.2) is 45.7 Å². The second kappa shape index (κ2) is 6.86. The monoisotopic (exact) mass is 403 g/mol. The first-order chi connectivity index (χ1) is 12.5. The first-order valence-corrected chi connectivity index (χ1v) is 10.0. The minimum atomic E-state index is -0.0564. The van der Waals surface area contributed by atoms with E-state index < -0.39 is 0 Å². The highest BCUT2D eigenvalue weighted by Gasteiger charge is 2.14. The van der Waals surface area contributed by atoms with Crippen LogP contribution in [0.5, 0.6) is 0 Å². The molecule has 0 spiro atoms. The molecule has 0 aliphatic heterocycles. The Morgan fingerprint density at radius 1 is 1.27 bits per heavy atom. The Hall–Kier alpha value is -2.16. The largest absolute Gasteiger partial charge is 0.305 e. The molecule has 0 bridgehead atoms. The number of benzene rings is 1. The van der Waals surface area contributed by atoms with Crippen LogP contribution in [-0.2, 0) is 12.8 Å². The molecule has 0 fully saturated rings. The van der Waals surface area contributed by atoms with Crippen molar-refractivity contribution < 1.29 is 0 Å². The van der Waals surface area contributed by atoms with Gasteiger partial charge in [0.25, 0.3) is 5.56 Å². The number of aromatic nitrogens is 5. The predicted molar refractivity (Wildman–Crippen MR) is 105 cm³/mol. The van der Waals surface area contributed by atoms with Crippen LogP contribution in [-0.4, -0.2) is 24.1 Å². The van der Waals surface area contributed by atoms with Crippen LogP contribution in [0.3, 0.4) is 0 Å². The zero-order chi connectivity index (χ0) is 18.3. The summed E-state index contributed by atoms with van der Waals surface area (Å²) in [7, 11) is 1.90. The molecule has 0 radical (unpaired) electrons. The molecule has 132 valence electrons. The number of hydrogen-bond acceptors (Lipinski definition) is 6. The molecule has 0 saturated heterocycles. The van der Waals surface area contributed by atoms with Crippen LogP contribution in [0.2, 0.25) is 5.02 Å². The van der Waals surface area contributed by atoms with Crippen molar-refractivity contribution in [2.45, 2.75) is 17.8 Å². The average molecular weight is 404 g/mol. The summed E-state index contributed by atoms with van der Waals surface area (Å²) in [6.45, 7) is 1.90. The Morgan fingerprint density at radius 3 is 2.88 bits per heavy atom. The Bertz CT molecular complexity index is 1160. The number of thioether (sulfide) groups is 1. The average Bonchev–Trinajstić information content (AvgIpc) is 3.17. The normalized spacial score (nSPS) is 11.3. The fourth-order valence-electron chi connectivity index (χ4n) is 2.63. The lowest BCUT2D eigenvalue weighted by Crippen LogP contribution is -2.14. The molecule has 26 heavy (non-hydrogen) atoms. The van der Waals surface area contributed by atoms with Crippen molar-refractivity contribution in [2.24, 2.45) is 7.05 Å². The SMILES string of the molecule is Cc1csc2nc(CSc3nnc(-c4ccccc4Cl)n3C)cc(=O)n12. The van der Waals surface area contributed by atoms with Crippen molar-refractivity contribution >= 4 is 39.7 Å². The molecule has 0 amide bonds. The molecule has 0 aliphatic rings. The second-order valence-corrected chi connectivity index (χ2v) is 7.90. The quantitative estimate of drug-likeness (QED) is 0.485. The minimum Gasteiger partial charge on any atom is -0.305 e. The summed E-state index contributed by atoms with van der Waals surface area (Å²) in [5.74, 6) is 1.24. The maximum absolute atomic E-state index is 12.3.